The monoisotopic (exact) mass is 567 g/mol. The van der Waals surface area contributed by atoms with Crippen LogP contribution in [0.3, 0.4) is 0 Å². The molecule has 2 N–H and O–H groups in total. The van der Waals surface area contributed by atoms with Gasteiger partial charge in [-0.2, -0.15) is 13.2 Å². The Kier molecular flexibility index (Phi) is 11.0. The summed E-state index contributed by atoms with van der Waals surface area (Å²) < 4.78 is 37.8. The van der Waals surface area contributed by atoms with Gasteiger partial charge in [0.05, 0.1) is 6.54 Å². The molecule has 2 saturated heterocycles. The maximum atomic E-state index is 12.6. The van der Waals surface area contributed by atoms with E-state index in [9.17, 15) is 13.2 Å². The van der Waals surface area contributed by atoms with Crippen LogP contribution in [0.4, 0.5) is 13.2 Å². The van der Waals surface area contributed by atoms with Crippen molar-refractivity contribution in [3.63, 3.8) is 0 Å². The van der Waals surface area contributed by atoms with Gasteiger partial charge in [-0.1, -0.05) is 30.3 Å². The number of alkyl halides is 3. The van der Waals surface area contributed by atoms with Crippen LogP contribution in [0.2, 0.25) is 0 Å². The fourth-order valence-electron chi connectivity index (χ4n) is 4.60. The molecule has 5 nitrogen and oxygen atoms in total. The second-order valence-electron chi connectivity index (χ2n) is 8.90. The lowest BCUT2D eigenvalue weighted by Crippen LogP contribution is -2.51. The molecule has 0 aliphatic carbocycles. The summed E-state index contributed by atoms with van der Waals surface area (Å²) in [7, 11) is 0. The number of rotatable bonds is 7. The van der Waals surface area contributed by atoms with Gasteiger partial charge in [-0.25, -0.2) is 0 Å². The van der Waals surface area contributed by atoms with Crippen LogP contribution in [0.1, 0.15) is 38.7 Å². The van der Waals surface area contributed by atoms with Gasteiger partial charge in [0, 0.05) is 44.8 Å². The number of benzene rings is 1. The summed E-state index contributed by atoms with van der Waals surface area (Å²) >= 11 is 0. The third kappa shape index (κ3) is 9.05. The van der Waals surface area contributed by atoms with Gasteiger partial charge in [-0.15, -0.1) is 24.0 Å². The van der Waals surface area contributed by atoms with Gasteiger partial charge in [0.25, 0.3) is 0 Å². The smallest absolute Gasteiger partial charge is 0.357 e. The van der Waals surface area contributed by atoms with E-state index in [1.165, 1.54) is 10.5 Å². The van der Waals surface area contributed by atoms with Gasteiger partial charge in [0.15, 0.2) is 5.96 Å². The summed E-state index contributed by atoms with van der Waals surface area (Å²) in [6.45, 7) is 7.78. The molecule has 2 heterocycles. The number of halogens is 4. The number of aliphatic imine (C=N–C) groups is 1. The lowest BCUT2D eigenvalue weighted by Gasteiger charge is -2.38. The van der Waals surface area contributed by atoms with Gasteiger partial charge in [-0.05, 0) is 51.1 Å². The Balaban J connectivity index is 0.00000363. The number of guanidine groups is 1. The molecular formula is C23H37F3IN5. The zero-order chi connectivity index (χ0) is 22.3. The Hall–Kier alpha value is -1.07. The van der Waals surface area contributed by atoms with E-state index in [0.29, 0.717) is 31.7 Å². The average Bonchev–Trinajstić information content (AvgIpc) is 3.15. The minimum atomic E-state index is -4.12. The zero-order valence-corrected chi connectivity index (χ0v) is 21.4. The van der Waals surface area contributed by atoms with Gasteiger partial charge < -0.3 is 10.6 Å². The lowest BCUT2D eigenvalue weighted by molar-refractivity contribution is -0.143. The molecule has 2 fully saturated rings. The molecule has 2 aliphatic heterocycles. The van der Waals surface area contributed by atoms with E-state index in [-0.39, 0.29) is 29.9 Å². The first-order valence-electron chi connectivity index (χ1n) is 11.4. The van der Waals surface area contributed by atoms with Crippen LogP contribution in [0, 0.1) is 5.92 Å². The summed E-state index contributed by atoms with van der Waals surface area (Å²) in [6, 6.07) is 11.4. The molecule has 0 amide bonds. The Bertz CT molecular complexity index is 701. The number of likely N-dealkylation sites (tertiary alicyclic amines) is 2. The molecule has 182 valence electrons. The molecule has 0 radical (unpaired) electrons. The van der Waals surface area contributed by atoms with Crippen molar-refractivity contribution in [1.29, 1.82) is 0 Å². The van der Waals surface area contributed by atoms with Crippen molar-refractivity contribution >= 4 is 29.9 Å². The average molecular weight is 567 g/mol. The summed E-state index contributed by atoms with van der Waals surface area (Å²) in [6.07, 6.45) is -1.26. The second-order valence-corrected chi connectivity index (χ2v) is 8.90. The number of nitrogens with one attached hydrogen (secondary N) is 2. The van der Waals surface area contributed by atoms with E-state index in [0.717, 1.165) is 44.9 Å². The Morgan fingerprint density at radius 3 is 2.56 bits per heavy atom. The molecule has 32 heavy (non-hydrogen) atoms. The Morgan fingerprint density at radius 1 is 1.16 bits per heavy atom. The molecule has 3 unspecified atom stereocenters. The molecule has 0 saturated carbocycles. The highest BCUT2D eigenvalue weighted by atomic mass is 127. The second kappa shape index (κ2) is 13.0. The van der Waals surface area contributed by atoms with E-state index in [1.807, 2.05) is 13.0 Å². The van der Waals surface area contributed by atoms with Gasteiger partial charge in [0.2, 0.25) is 0 Å². The van der Waals surface area contributed by atoms with E-state index in [1.54, 1.807) is 0 Å². The molecule has 1 aromatic rings. The predicted octanol–water partition coefficient (Wildman–Crippen LogP) is 4.10. The highest BCUT2D eigenvalue weighted by Crippen LogP contribution is 2.23. The number of nitrogens with zero attached hydrogens (tertiary/aromatic N) is 3. The fourth-order valence-corrected chi connectivity index (χ4v) is 4.60. The van der Waals surface area contributed by atoms with Crippen molar-refractivity contribution in [3.8, 4) is 0 Å². The third-order valence-corrected chi connectivity index (χ3v) is 6.21. The van der Waals surface area contributed by atoms with Crippen molar-refractivity contribution in [1.82, 2.24) is 20.4 Å². The first-order chi connectivity index (χ1) is 14.8. The van der Waals surface area contributed by atoms with Crippen LogP contribution in [0.5, 0.6) is 0 Å². The van der Waals surface area contributed by atoms with Crippen LogP contribution in [0.15, 0.2) is 35.3 Å². The van der Waals surface area contributed by atoms with Gasteiger partial charge in [-0.3, -0.25) is 14.8 Å². The highest BCUT2D eigenvalue weighted by molar-refractivity contribution is 14.0. The number of piperidine rings is 1. The quantitative estimate of drug-likeness (QED) is 0.296. The molecular weight excluding hydrogens is 530 g/mol. The van der Waals surface area contributed by atoms with Crippen LogP contribution in [-0.2, 0) is 6.54 Å². The third-order valence-electron chi connectivity index (χ3n) is 6.21. The molecule has 0 bridgehead atoms. The number of hydrogen-bond donors (Lipinski definition) is 2. The van der Waals surface area contributed by atoms with Crippen LogP contribution in [0.25, 0.3) is 0 Å². The minimum Gasteiger partial charge on any atom is -0.357 e. The summed E-state index contributed by atoms with van der Waals surface area (Å²) in [5.41, 5.74) is 1.34. The number of hydrogen-bond acceptors (Lipinski definition) is 3. The lowest BCUT2D eigenvalue weighted by atomic mass is 9.97. The SMILES string of the molecule is CCNC(=NCC1CCN(CC(F)(F)F)C1)NC1CCN(Cc2ccccc2)C(C)C1.I. The largest absolute Gasteiger partial charge is 0.401 e. The Labute approximate surface area is 207 Å². The van der Waals surface area contributed by atoms with Crippen molar-refractivity contribution in [2.45, 2.75) is 57.9 Å². The maximum Gasteiger partial charge on any atom is 0.401 e. The van der Waals surface area contributed by atoms with E-state index < -0.39 is 12.7 Å². The van der Waals surface area contributed by atoms with E-state index >= 15 is 0 Å². The fraction of sp³-hybridized carbons (Fsp3) is 0.696. The summed E-state index contributed by atoms with van der Waals surface area (Å²) in [5.74, 6) is 0.968. The van der Waals surface area contributed by atoms with Crippen LogP contribution < -0.4 is 10.6 Å². The normalized spacial score (nSPS) is 25.4. The molecule has 3 rings (SSSR count). The minimum absolute atomic E-state index is 0. The van der Waals surface area contributed by atoms with E-state index in [4.69, 9.17) is 4.99 Å². The van der Waals surface area contributed by atoms with Crippen molar-refractivity contribution in [3.05, 3.63) is 35.9 Å². The van der Waals surface area contributed by atoms with Crippen LogP contribution >= 0.6 is 24.0 Å². The van der Waals surface area contributed by atoms with Gasteiger partial charge in [0.1, 0.15) is 0 Å². The highest BCUT2D eigenvalue weighted by Gasteiger charge is 2.34. The van der Waals surface area contributed by atoms with Crippen molar-refractivity contribution < 1.29 is 13.2 Å². The zero-order valence-electron chi connectivity index (χ0n) is 19.1. The van der Waals surface area contributed by atoms with E-state index in [2.05, 4.69) is 46.7 Å². The molecule has 9 heteroatoms. The topological polar surface area (TPSA) is 42.9 Å². The first kappa shape index (κ1) is 27.2. The first-order valence-corrected chi connectivity index (χ1v) is 11.4. The molecule has 1 aromatic carbocycles. The molecule has 2 aliphatic rings. The molecule has 3 atom stereocenters. The standard InChI is InChI=1S/C23H36F3N5.HI/c1-3-27-22(28-14-20-9-11-30(15-20)17-23(24,25)26)29-21-10-12-31(18(2)13-21)16-19-7-5-4-6-8-19;/h4-8,18,20-21H,3,9-17H2,1-2H3,(H2,27,28,29);1H. The summed E-state index contributed by atoms with van der Waals surface area (Å²) in [5, 5.41) is 6.86. The molecule has 0 aromatic heterocycles. The Morgan fingerprint density at radius 2 is 1.91 bits per heavy atom. The van der Waals surface area contributed by atoms with Crippen molar-refractivity contribution in [2.24, 2.45) is 10.9 Å². The predicted molar refractivity (Wildman–Crippen MR) is 134 cm³/mol. The van der Waals surface area contributed by atoms with Crippen LogP contribution in [-0.4, -0.2) is 73.3 Å². The molecule has 0 spiro atoms. The van der Waals surface area contributed by atoms with Gasteiger partial charge >= 0.3 is 6.18 Å². The maximum absolute atomic E-state index is 12.6. The van der Waals surface area contributed by atoms with Crippen molar-refractivity contribution in [2.75, 3.05) is 39.3 Å². The summed E-state index contributed by atoms with van der Waals surface area (Å²) in [4.78, 5) is 8.72.